The Bertz CT molecular complexity index is 1130. The molecule has 0 amide bonds. The molecule has 0 aliphatic rings. The van der Waals surface area contributed by atoms with Gasteiger partial charge in [-0.1, -0.05) is 12.1 Å². The number of fused-ring (bicyclic) bond motifs is 2. The molecule has 0 unspecified atom stereocenters. The highest BCUT2D eigenvalue weighted by atomic mass is 79.9. The lowest BCUT2D eigenvalue weighted by molar-refractivity contribution is 0.616. The van der Waals surface area contributed by atoms with Crippen molar-refractivity contribution < 1.29 is 4.42 Å². The Morgan fingerprint density at radius 1 is 1.22 bits per heavy atom. The topological polar surface area (TPSA) is 48.0 Å². The first-order valence-corrected chi connectivity index (χ1v) is 7.99. The molecule has 0 saturated heterocycles. The smallest absolute Gasteiger partial charge is 0.261 e. The third-order valence-corrected chi connectivity index (χ3v) is 4.60. The van der Waals surface area contributed by atoms with E-state index in [1.165, 1.54) is 0 Å². The summed E-state index contributed by atoms with van der Waals surface area (Å²) in [4.78, 5) is 17.5. The number of benzene rings is 2. The number of nitrogens with zero attached hydrogens (tertiary/aromatic N) is 2. The highest BCUT2D eigenvalue weighted by Gasteiger charge is 2.15. The Balaban J connectivity index is 2.15. The van der Waals surface area contributed by atoms with Gasteiger partial charge in [-0.25, -0.2) is 4.98 Å². The van der Waals surface area contributed by atoms with Crippen LogP contribution in [-0.2, 0) is 7.05 Å². The van der Waals surface area contributed by atoms with E-state index in [1.54, 1.807) is 17.9 Å². The van der Waals surface area contributed by atoms with Crippen LogP contribution in [0.2, 0.25) is 0 Å². The van der Waals surface area contributed by atoms with E-state index in [4.69, 9.17) is 9.40 Å². The molecule has 4 aromatic rings. The lowest BCUT2D eigenvalue weighted by atomic mass is 10.1. The lowest BCUT2D eigenvalue weighted by Gasteiger charge is -2.11. The molecule has 0 aliphatic carbocycles. The second kappa shape index (κ2) is 5.06. The largest absolute Gasteiger partial charge is 0.464 e. The van der Waals surface area contributed by atoms with Crippen LogP contribution < -0.4 is 5.56 Å². The molecule has 0 fully saturated rings. The number of hydrogen-bond acceptors (Lipinski definition) is 3. The van der Waals surface area contributed by atoms with Crippen molar-refractivity contribution in [1.82, 2.24) is 9.55 Å². The van der Waals surface area contributed by atoms with Crippen LogP contribution in [0.5, 0.6) is 0 Å². The molecule has 2 aromatic carbocycles. The third-order valence-electron chi connectivity index (χ3n) is 4.00. The van der Waals surface area contributed by atoms with E-state index in [9.17, 15) is 4.79 Å². The first-order valence-electron chi connectivity index (χ1n) is 7.20. The van der Waals surface area contributed by atoms with Crippen LogP contribution in [0.25, 0.3) is 33.3 Å². The van der Waals surface area contributed by atoms with Crippen molar-refractivity contribution in [2.24, 2.45) is 7.05 Å². The van der Waals surface area contributed by atoms with Gasteiger partial charge in [-0.3, -0.25) is 9.36 Å². The van der Waals surface area contributed by atoms with Crippen molar-refractivity contribution in [3.05, 3.63) is 63.1 Å². The summed E-state index contributed by atoms with van der Waals surface area (Å²) in [7, 11) is 1.74. The lowest BCUT2D eigenvalue weighted by Crippen LogP contribution is -2.20. The molecule has 5 heteroatoms. The average molecular weight is 369 g/mol. The summed E-state index contributed by atoms with van der Waals surface area (Å²) < 4.78 is 7.99. The maximum absolute atomic E-state index is 12.8. The minimum absolute atomic E-state index is 0.0713. The van der Waals surface area contributed by atoms with Gasteiger partial charge in [0.05, 0.1) is 22.7 Å². The highest BCUT2D eigenvalue weighted by molar-refractivity contribution is 9.10. The molecule has 0 bridgehead atoms. The first-order chi connectivity index (χ1) is 11.1. The maximum atomic E-state index is 12.8. The summed E-state index contributed by atoms with van der Waals surface area (Å²) in [5, 5.41) is 1.59. The van der Waals surface area contributed by atoms with Crippen LogP contribution in [0.15, 0.2) is 56.3 Å². The van der Waals surface area contributed by atoms with Gasteiger partial charge < -0.3 is 4.42 Å². The predicted octanol–water partition coefficient (Wildman–Crippen LogP) is 4.42. The zero-order valence-corrected chi connectivity index (χ0v) is 14.2. The molecule has 114 valence electrons. The van der Waals surface area contributed by atoms with Crippen LogP contribution in [0.3, 0.4) is 0 Å². The SMILES string of the molecule is Cc1cc(Br)c2nc(-c3cccc4ccoc34)n(C)c(=O)c2c1. The number of para-hydroxylation sites is 1. The van der Waals surface area contributed by atoms with Gasteiger partial charge in [0.15, 0.2) is 0 Å². The fraction of sp³-hybridized carbons (Fsp3) is 0.111. The van der Waals surface area contributed by atoms with Crippen molar-refractivity contribution in [2.75, 3.05) is 0 Å². The molecule has 2 heterocycles. The zero-order valence-electron chi connectivity index (χ0n) is 12.6. The maximum Gasteiger partial charge on any atom is 0.261 e. The van der Waals surface area contributed by atoms with Crippen molar-refractivity contribution in [2.45, 2.75) is 6.92 Å². The van der Waals surface area contributed by atoms with Gasteiger partial charge >= 0.3 is 0 Å². The van der Waals surface area contributed by atoms with Crippen molar-refractivity contribution >= 4 is 37.8 Å². The highest BCUT2D eigenvalue weighted by Crippen LogP contribution is 2.30. The quantitative estimate of drug-likeness (QED) is 0.499. The number of furan rings is 1. The Labute approximate surface area is 140 Å². The molecule has 0 saturated carbocycles. The molecule has 0 spiro atoms. The summed E-state index contributed by atoms with van der Waals surface area (Å²) in [5.41, 5.74) is 3.15. The fourth-order valence-corrected chi connectivity index (χ4v) is 3.54. The fourth-order valence-electron chi connectivity index (χ4n) is 2.88. The average Bonchev–Trinajstić information content (AvgIpc) is 3.00. The van der Waals surface area contributed by atoms with Gasteiger partial charge in [-0.2, -0.15) is 0 Å². The minimum Gasteiger partial charge on any atom is -0.464 e. The number of aromatic nitrogens is 2. The van der Waals surface area contributed by atoms with E-state index >= 15 is 0 Å². The van der Waals surface area contributed by atoms with Gasteiger partial charge in [0.1, 0.15) is 11.4 Å². The van der Waals surface area contributed by atoms with Crippen LogP contribution in [0.1, 0.15) is 5.56 Å². The minimum atomic E-state index is -0.0713. The summed E-state index contributed by atoms with van der Waals surface area (Å²) in [5.74, 6) is 0.590. The second-order valence-corrected chi connectivity index (χ2v) is 6.44. The molecule has 0 radical (unpaired) electrons. The van der Waals surface area contributed by atoms with E-state index in [1.807, 2.05) is 43.3 Å². The van der Waals surface area contributed by atoms with E-state index in [2.05, 4.69) is 15.9 Å². The van der Waals surface area contributed by atoms with Gasteiger partial charge in [0.2, 0.25) is 0 Å². The monoisotopic (exact) mass is 368 g/mol. The third kappa shape index (κ3) is 2.11. The zero-order chi connectivity index (χ0) is 16.1. The number of halogens is 1. The first kappa shape index (κ1) is 14.2. The Morgan fingerprint density at radius 3 is 2.87 bits per heavy atom. The number of aryl methyl sites for hydroxylation is 1. The molecular formula is C18H13BrN2O2. The van der Waals surface area contributed by atoms with Crippen molar-refractivity contribution in [3.8, 4) is 11.4 Å². The van der Waals surface area contributed by atoms with E-state index in [-0.39, 0.29) is 5.56 Å². The molecule has 0 atom stereocenters. The van der Waals surface area contributed by atoms with Crippen LogP contribution in [0, 0.1) is 6.92 Å². The van der Waals surface area contributed by atoms with E-state index in [0.29, 0.717) is 16.7 Å². The molecule has 0 N–H and O–H groups in total. The normalized spacial score (nSPS) is 11.4. The predicted molar refractivity (Wildman–Crippen MR) is 94.6 cm³/mol. The summed E-state index contributed by atoms with van der Waals surface area (Å²) in [6.45, 7) is 1.96. The number of hydrogen-bond donors (Lipinski definition) is 0. The van der Waals surface area contributed by atoms with Gasteiger partial charge in [-0.05, 0) is 52.7 Å². The molecule has 23 heavy (non-hydrogen) atoms. The van der Waals surface area contributed by atoms with E-state index < -0.39 is 0 Å². The van der Waals surface area contributed by atoms with Crippen LogP contribution in [0.4, 0.5) is 0 Å². The Kier molecular flexibility index (Phi) is 3.13. The van der Waals surface area contributed by atoms with Gasteiger partial charge in [0.25, 0.3) is 5.56 Å². The van der Waals surface area contributed by atoms with Crippen molar-refractivity contribution in [1.29, 1.82) is 0 Å². The Morgan fingerprint density at radius 2 is 2.04 bits per heavy atom. The summed E-state index contributed by atoms with van der Waals surface area (Å²) in [6.07, 6.45) is 1.65. The second-order valence-electron chi connectivity index (χ2n) is 5.59. The number of rotatable bonds is 1. The molecule has 0 aliphatic heterocycles. The van der Waals surface area contributed by atoms with Gasteiger partial charge in [-0.15, -0.1) is 0 Å². The van der Waals surface area contributed by atoms with Gasteiger partial charge in [0, 0.05) is 16.9 Å². The molecule has 4 rings (SSSR count). The molecule has 4 nitrogen and oxygen atoms in total. The Hall–Kier alpha value is -2.40. The van der Waals surface area contributed by atoms with Crippen LogP contribution in [-0.4, -0.2) is 9.55 Å². The summed E-state index contributed by atoms with van der Waals surface area (Å²) in [6, 6.07) is 11.6. The van der Waals surface area contributed by atoms with Crippen LogP contribution >= 0.6 is 15.9 Å². The standard InChI is InChI=1S/C18H13BrN2O2/c1-10-8-13-15(14(19)9-10)20-17(21(2)18(13)22)12-5-3-4-11-6-7-23-16(11)12/h3-9H,1-2H3. The van der Waals surface area contributed by atoms with Crippen molar-refractivity contribution in [3.63, 3.8) is 0 Å². The molecule has 2 aromatic heterocycles. The van der Waals surface area contributed by atoms with E-state index in [0.717, 1.165) is 26.6 Å². The molecular weight excluding hydrogens is 356 g/mol. The summed E-state index contributed by atoms with van der Waals surface area (Å²) >= 11 is 3.52.